The van der Waals surface area contributed by atoms with Gasteiger partial charge in [-0.1, -0.05) is 30.3 Å². The van der Waals surface area contributed by atoms with Crippen LogP contribution >= 0.6 is 11.3 Å². The standard InChI is InChI=1S/C17H16N4OS/c1-4-20-16-13(10(2)11(3)23-16)15-18-14(19-21(15)17(20)22)12-8-6-5-7-9-12/h5-9H,4H2,1-3H3. The number of benzene rings is 1. The van der Waals surface area contributed by atoms with Crippen molar-refractivity contribution in [1.82, 2.24) is 19.2 Å². The van der Waals surface area contributed by atoms with Gasteiger partial charge in [0.25, 0.3) is 0 Å². The summed E-state index contributed by atoms with van der Waals surface area (Å²) < 4.78 is 3.21. The molecular weight excluding hydrogens is 308 g/mol. The number of aromatic nitrogens is 4. The Morgan fingerprint density at radius 2 is 1.91 bits per heavy atom. The first kappa shape index (κ1) is 14.1. The van der Waals surface area contributed by atoms with Crippen molar-refractivity contribution in [3.8, 4) is 11.4 Å². The molecule has 0 radical (unpaired) electrons. The molecule has 6 heteroatoms. The molecule has 0 bridgehead atoms. The Bertz CT molecular complexity index is 1090. The van der Waals surface area contributed by atoms with Crippen LogP contribution in [0.3, 0.4) is 0 Å². The van der Waals surface area contributed by atoms with Crippen molar-refractivity contribution < 1.29 is 0 Å². The quantitative estimate of drug-likeness (QED) is 0.568. The van der Waals surface area contributed by atoms with E-state index in [2.05, 4.69) is 23.9 Å². The molecule has 4 aromatic rings. The molecule has 0 spiro atoms. The predicted octanol–water partition coefficient (Wildman–Crippen LogP) is 3.41. The molecule has 23 heavy (non-hydrogen) atoms. The molecular formula is C17H16N4OS. The van der Waals surface area contributed by atoms with Gasteiger partial charge >= 0.3 is 5.69 Å². The highest BCUT2D eigenvalue weighted by Gasteiger charge is 2.19. The van der Waals surface area contributed by atoms with E-state index in [0.29, 0.717) is 18.0 Å². The molecule has 0 saturated heterocycles. The largest absolute Gasteiger partial charge is 0.351 e. The Labute approximate surface area is 136 Å². The average Bonchev–Trinajstić information content (AvgIpc) is 3.12. The summed E-state index contributed by atoms with van der Waals surface area (Å²) in [6.45, 7) is 6.75. The highest BCUT2D eigenvalue weighted by molar-refractivity contribution is 7.19. The van der Waals surface area contributed by atoms with Gasteiger partial charge in [-0.25, -0.2) is 9.78 Å². The molecule has 0 unspecified atom stereocenters. The summed E-state index contributed by atoms with van der Waals surface area (Å²) in [6.07, 6.45) is 0. The van der Waals surface area contributed by atoms with E-state index in [1.807, 2.05) is 37.3 Å². The van der Waals surface area contributed by atoms with E-state index in [0.717, 1.165) is 15.8 Å². The Hall–Kier alpha value is -2.47. The molecule has 0 aliphatic heterocycles. The molecule has 0 aliphatic carbocycles. The zero-order chi connectivity index (χ0) is 16.1. The minimum absolute atomic E-state index is 0.133. The number of rotatable bonds is 2. The SMILES string of the molecule is CCn1c(=O)n2nc(-c3ccccc3)nc2c2c(C)c(C)sc21. The maximum absolute atomic E-state index is 12.8. The van der Waals surface area contributed by atoms with Gasteiger partial charge in [0.15, 0.2) is 11.5 Å². The van der Waals surface area contributed by atoms with Gasteiger partial charge in [-0.2, -0.15) is 4.52 Å². The van der Waals surface area contributed by atoms with Crippen LogP contribution in [0.1, 0.15) is 17.4 Å². The smallest absolute Gasteiger partial charge is 0.283 e. The molecule has 0 amide bonds. The predicted molar refractivity (Wildman–Crippen MR) is 93.2 cm³/mol. The summed E-state index contributed by atoms with van der Waals surface area (Å²) in [5.41, 5.74) is 2.60. The number of thiophene rings is 1. The Balaban J connectivity index is 2.17. The zero-order valence-electron chi connectivity index (χ0n) is 13.2. The molecule has 4 rings (SSSR count). The van der Waals surface area contributed by atoms with E-state index in [1.54, 1.807) is 15.9 Å². The summed E-state index contributed by atoms with van der Waals surface area (Å²) in [4.78, 5) is 19.6. The van der Waals surface area contributed by atoms with Gasteiger partial charge in [-0.15, -0.1) is 16.4 Å². The lowest BCUT2D eigenvalue weighted by Gasteiger charge is -2.04. The van der Waals surface area contributed by atoms with Crippen molar-refractivity contribution in [1.29, 1.82) is 0 Å². The maximum Gasteiger partial charge on any atom is 0.351 e. The van der Waals surface area contributed by atoms with Crippen molar-refractivity contribution in [2.24, 2.45) is 0 Å². The van der Waals surface area contributed by atoms with Crippen LogP contribution in [0, 0.1) is 13.8 Å². The first-order valence-electron chi connectivity index (χ1n) is 7.56. The summed E-state index contributed by atoms with van der Waals surface area (Å²) in [6, 6.07) is 9.75. The molecule has 3 aromatic heterocycles. The molecule has 0 N–H and O–H groups in total. The summed E-state index contributed by atoms with van der Waals surface area (Å²) in [5.74, 6) is 0.584. The third-order valence-corrected chi connectivity index (χ3v) is 5.43. The summed E-state index contributed by atoms with van der Waals surface area (Å²) >= 11 is 1.65. The Morgan fingerprint density at radius 1 is 1.17 bits per heavy atom. The third kappa shape index (κ3) is 1.95. The minimum atomic E-state index is -0.133. The average molecular weight is 324 g/mol. The van der Waals surface area contributed by atoms with Gasteiger partial charge < -0.3 is 0 Å². The van der Waals surface area contributed by atoms with E-state index in [1.165, 1.54) is 15.0 Å². The number of fused-ring (bicyclic) bond motifs is 3. The summed E-state index contributed by atoms with van der Waals surface area (Å²) in [5, 5.41) is 5.50. The normalized spacial score (nSPS) is 11.6. The van der Waals surface area contributed by atoms with Crippen molar-refractivity contribution in [2.75, 3.05) is 0 Å². The lowest BCUT2D eigenvalue weighted by atomic mass is 10.2. The lowest BCUT2D eigenvalue weighted by molar-refractivity contribution is 0.698. The van der Waals surface area contributed by atoms with Gasteiger partial charge in [0, 0.05) is 17.0 Å². The van der Waals surface area contributed by atoms with Crippen LogP contribution in [0.2, 0.25) is 0 Å². The van der Waals surface area contributed by atoms with Crippen LogP contribution in [0.25, 0.3) is 27.3 Å². The molecule has 0 fully saturated rings. The van der Waals surface area contributed by atoms with E-state index >= 15 is 0 Å². The van der Waals surface area contributed by atoms with Crippen LogP contribution < -0.4 is 5.69 Å². The van der Waals surface area contributed by atoms with Gasteiger partial charge in [0.1, 0.15) is 4.83 Å². The highest BCUT2D eigenvalue weighted by atomic mass is 32.1. The van der Waals surface area contributed by atoms with E-state index in [9.17, 15) is 4.79 Å². The highest BCUT2D eigenvalue weighted by Crippen LogP contribution is 2.32. The number of nitrogens with zero attached hydrogens (tertiary/aromatic N) is 4. The van der Waals surface area contributed by atoms with Gasteiger partial charge in [0.2, 0.25) is 0 Å². The molecule has 0 aliphatic rings. The Kier molecular flexibility index (Phi) is 3.09. The second-order valence-corrected chi connectivity index (χ2v) is 6.73. The fourth-order valence-corrected chi connectivity index (χ4v) is 4.07. The first-order valence-corrected chi connectivity index (χ1v) is 8.38. The topological polar surface area (TPSA) is 52.2 Å². The lowest BCUT2D eigenvalue weighted by Crippen LogP contribution is -2.26. The number of hydrogen-bond acceptors (Lipinski definition) is 4. The van der Waals surface area contributed by atoms with E-state index in [4.69, 9.17) is 0 Å². The first-order chi connectivity index (χ1) is 11.1. The van der Waals surface area contributed by atoms with E-state index < -0.39 is 0 Å². The fourth-order valence-electron chi connectivity index (χ4n) is 2.86. The maximum atomic E-state index is 12.8. The van der Waals surface area contributed by atoms with Crippen LogP contribution in [0.5, 0.6) is 0 Å². The van der Waals surface area contributed by atoms with Crippen molar-refractivity contribution in [3.63, 3.8) is 0 Å². The zero-order valence-corrected chi connectivity index (χ0v) is 14.0. The monoisotopic (exact) mass is 324 g/mol. The van der Waals surface area contributed by atoms with E-state index in [-0.39, 0.29) is 5.69 Å². The van der Waals surface area contributed by atoms with Gasteiger partial charge in [-0.3, -0.25) is 4.57 Å². The second kappa shape index (κ2) is 5.03. The van der Waals surface area contributed by atoms with Crippen LogP contribution in [0.15, 0.2) is 35.1 Å². The summed E-state index contributed by atoms with van der Waals surface area (Å²) in [7, 11) is 0. The molecule has 1 aromatic carbocycles. The van der Waals surface area contributed by atoms with Crippen molar-refractivity contribution in [3.05, 3.63) is 51.3 Å². The molecule has 0 saturated carbocycles. The van der Waals surface area contributed by atoms with Crippen molar-refractivity contribution >= 4 is 27.2 Å². The van der Waals surface area contributed by atoms with Gasteiger partial charge in [0.05, 0.1) is 5.39 Å². The van der Waals surface area contributed by atoms with Crippen LogP contribution in [-0.4, -0.2) is 19.2 Å². The van der Waals surface area contributed by atoms with Crippen LogP contribution in [-0.2, 0) is 6.54 Å². The molecule has 3 heterocycles. The second-order valence-electron chi connectivity index (χ2n) is 5.53. The molecule has 116 valence electrons. The third-order valence-electron chi connectivity index (χ3n) is 4.20. The number of aryl methyl sites for hydroxylation is 3. The molecule has 5 nitrogen and oxygen atoms in total. The van der Waals surface area contributed by atoms with Crippen LogP contribution in [0.4, 0.5) is 0 Å². The Morgan fingerprint density at radius 3 is 2.61 bits per heavy atom. The van der Waals surface area contributed by atoms with Gasteiger partial charge in [-0.05, 0) is 26.3 Å². The van der Waals surface area contributed by atoms with Crippen molar-refractivity contribution in [2.45, 2.75) is 27.3 Å². The molecule has 0 atom stereocenters. The fraction of sp³-hybridized carbons (Fsp3) is 0.235. The number of hydrogen-bond donors (Lipinski definition) is 0. The minimum Gasteiger partial charge on any atom is -0.283 e.